The molecule has 1 heterocycles. The number of thiol groups is 1. The van der Waals surface area contributed by atoms with Crippen molar-refractivity contribution in [2.24, 2.45) is 0 Å². The third-order valence-corrected chi connectivity index (χ3v) is 6.30. The molecule has 1 unspecified atom stereocenters. The molecule has 3 heteroatoms. The van der Waals surface area contributed by atoms with Crippen molar-refractivity contribution in [1.29, 1.82) is 0 Å². The van der Waals surface area contributed by atoms with Crippen LogP contribution in [0.4, 0.5) is 5.69 Å². The molecule has 116 valence electrons. The molecular formula is C18H28N2S. The lowest BCUT2D eigenvalue weighted by Gasteiger charge is -2.44. The molecule has 0 fully saturated rings. The summed E-state index contributed by atoms with van der Waals surface area (Å²) in [6, 6.07) is 5.33. The van der Waals surface area contributed by atoms with Crippen LogP contribution < -0.4 is 4.90 Å². The largest absolute Gasteiger partial charge is 0.355 e. The van der Waals surface area contributed by atoms with Gasteiger partial charge in [-0.1, -0.05) is 13.0 Å². The number of aryl methyl sites for hydroxylation is 2. The number of rotatable bonds is 4. The van der Waals surface area contributed by atoms with Crippen molar-refractivity contribution in [3.63, 3.8) is 0 Å². The quantitative estimate of drug-likeness (QED) is 0.850. The fourth-order valence-electron chi connectivity index (χ4n) is 3.85. The van der Waals surface area contributed by atoms with E-state index in [9.17, 15) is 0 Å². The maximum Gasteiger partial charge on any atom is 0.0956 e. The zero-order chi connectivity index (χ0) is 15.2. The van der Waals surface area contributed by atoms with Crippen LogP contribution in [0.15, 0.2) is 12.1 Å². The van der Waals surface area contributed by atoms with Gasteiger partial charge in [-0.2, -0.15) is 0 Å². The van der Waals surface area contributed by atoms with Crippen molar-refractivity contribution < 1.29 is 0 Å². The van der Waals surface area contributed by atoms with Crippen LogP contribution in [-0.4, -0.2) is 35.9 Å². The standard InChI is InChI=1S/C18H28N2S/c1-5-19(4)13(2)18(3,21)20-10-9-16-11-14-7-6-8-15(14)12-17(16)20/h11-13,21H,5-10H2,1-4H3/t13-,18?/m1/s1. The van der Waals surface area contributed by atoms with Gasteiger partial charge in [0.25, 0.3) is 0 Å². The van der Waals surface area contributed by atoms with E-state index in [-0.39, 0.29) is 4.87 Å². The lowest BCUT2D eigenvalue weighted by atomic mass is 10.0. The Morgan fingerprint density at radius 1 is 1.24 bits per heavy atom. The smallest absolute Gasteiger partial charge is 0.0956 e. The molecule has 0 saturated heterocycles. The highest BCUT2D eigenvalue weighted by atomic mass is 32.1. The second kappa shape index (κ2) is 5.51. The molecule has 2 atom stereocenters. The van der Waals surface area contributed by atoms with Gasteiger partial charge < -0.3 is 9.80 Å². The van der Waals surface area contributed by atoms with Gasteiger partial charge in [0.05, 0.1) is 4.87 Å². The average molecular weight is 305 g/mol. The van der Waals surface area contributed by atoms with E-state index in [2.05, 4.69) is 49.8 Å². The summed E-state index contributed by atoms with van der Waals surface area (Å²) < 4.78 is 0. The fourth-order valence-corrected chi connectivity index (χ4v) is 4.26. The lowest BCUT2D eigenvalue weighted by Crippen LogP contribution is -2.55. The molecule has 0 aromatic heterocycles. The number of benzene rings is 1. The Kier molecular flexibility index (Phi) is 4.00. The van der Waals surface area contributed by atoms with Gasteiger partial charge >= 0.3 is 0 Å². The molecule has 0 N–H and O–H groups in total. The Bertz CT molecular complexity index is 538. The number of anilines is 1. The molecule has 0 amide bonds. The van der Waals surface area contributed by atoms with E-state index in [0.29, 0.717) is 6.04 Å². The summed E-state index contributed by atoms with van der Waals surface area (Å²) in [5, 5.41) is 0. The second-order valence-corrected chi connectivity index (χ2v) is 7.75. The number of likely N-dealkylation sites (N-methyl/N-ethyl adjacent to an activating group) is 1. The predicted molar refractivity (Wildman–Crippen MR) is 94.7 cm³/mol. The first-order chi connectivity index (χ1) is 9.95. The predicted octanol–water partition coefficient (Wildman–Crippen LogP) is 3.52. The summed E-state index contributed by atoms with van der Waals surface area (Å²) in [5.41, 5.74) is 6.13. The molecular weight excluding hydrogens is 276 g/mol. The summed E-state index contributed by atoms with van der Waals surface area (Å²) >= 11 is 5.08. The van der Waals surface area contributed by atoms with Gasteiger partial charge in [0, 0.05) is 18.3 Å². The monoisotopic (exact) mass is 304 g/mol. The number of hydrogen-bond donors (Lipinski definition) is 1. The Labute approximate surface area is 134 Å². The Hall–Kier alpha value is -0.670. The van der Waals surface area contributed by atoms with E-state index in [1.807, 2.05) is 0 Å². The van der Waals surface area contributed by atoms with Crippen molar-refractivity contribution in [3.05, 3.63) is 28.8 Å². The van der Waals surface area contributed by atoms with Crippen LogP contribution in [0.1, 0.15) is 43.9 Å². The highest BCUT2D eigenvalue weighted by Gasteiger charge is 2.39. The number of hydrogen-bond acceptors (Lipinski definition) is 3. The summed E-state index contributed by atoms with van der Waals surface area (Å²) in [7, 11) is 2.19. The first-order valence-electron chi connectivity index (χ1n) is 8.30. The maximum atomic E-state index is 5.08. The zero-order valence-corrected chi connectivity index (χ0v) is 14.7. The SMILES string of the molecule is CCN(C)[C@H](C)C(C)(S)N1CCc2cc3c(cc21)CCC3. The summed E-state index contributed by atoms with van der Waals surface area (Å²) in [6.45, 7) is 8.94. The normalized spacial score (nSPS) is 21.3. The average Bonchev–Trinajstić information content (AvgIpc) is 3.08. The molecule has 0 radical (unpaired) electrons. The summed E-state index contributed by atoms with van der Waals surface area (Å²) in [5.74, 6) is 0. The molecule has 2 nitrogen and oxygen atoms in total. The van der Waals surface area contributed by atoms with Crippen LogP contribution in [0.5, 0.6) is 0 Å². The van der Waals surface area contributed by atoms with E-state index in [1.54, 1.807) is 11.1 Å². The van der Waals surface area contributed by atoms with Crippen LogP contribution in [0, 0.1) is 0 Å². The molecule has 2 aliphatic rings. The van der Waals surface area contributed by atoms with E-state index >= 15 is 0 Å². The highest BCUT2D eigenvalue weighted by Crippen LogP contribution is 2.41. The highest BCUT2D eigenvalue weighted by molar-refractivity contribution is 7.82. The minimum absolute atomic E-state index is 0.136. The van der Waals surface area contributed by atoms with Crippen LogP contribution >= 0.6 is 12.6 Å². The summed E-state index contributed by atoms with van der Waals surface area (Å²) in [4.78, 5) is 4.78. The Morgan fingerprint density at radius 2 is 1.90 bits per heavy atom. The lowest BCUT2D eigenvalue weighted by molar-refractivity contribution is 0.225. The number of nitrogens with zero attached hydrogens (tertiary/aromatic N) is 2. The molecule has 0 spiro atoms. The minimum atomic E-state index is -0.136. The molecule has 1 aliphatic heterocycles. The van der Waals surface area contributed by atoms with Crippen LogP contribution in [0.3, 0.4) is 0 Å². The van der Waals surface area contributed by atoms with Crippen molar-refractivity contribution in [2.45, 2.75) is 57.4 Å². The van der Waals surface area contributed by atoms with E-state index in [1.165, 1.54) is 36.9 Å². The molecule has 1 aromatic carbocycles. The van der Waals surface area contributed by atoms with Gasteiger partial charge in [0.15, 0.2) is 0 Å². The minimum Gasteiger partial charge on any atom is -0.355 e. The number of fused-ring (bicyclic) bond motifs is 2. The van der Waals surface area contributed by atoms with E-state index < -0.39 is 0 Å². The van der Waals surface area contributed by atoms with Crippen LogP contribution in [0.25, 0.3) is 0 Å². The van der Waals surface area contributed by atoms with Gasteiger partial charge in [-0.3, -0.25) is 0 Å². The van der Waals surface area contributed by atoms with Crippen molar-refractivity contribution in [3.8, 4) is 0 Å². The van der Waals surface area contributed by atoms with E-state index in [0.717, 1.165) is 13.1 Å². The van der Waals surface area contributed by atoms with Gasteiger partial charge in [0.1, 0.15) is 0 Å². The van der Waals surface area contributed by atoms with Crippen LogP contribution in [-0.2, 0) is 19.3 Å². The van der Waals surface area contributed by atoms with Crippen molar-refractivity contribution in [2.75, 3.05) is 25.0 Å². The third kappa shape index (κ3) is 2.49. The van der Waals surface area contributed by atoms with Gasteiger partial charge in [0.2, 0.25) is 0 Å². The third-order valence-electron chi connectivity index (χ3n) is 5.69. The van der Waals surface area contributed by atoms with Gasteiger partial charge in [-0.15, -0.1) is 12.6 Å². The molecule has 0 bridgehead atoms. The zero-order valence-electron chi connectivity index (χ0n) is 13.8. The first-order valence-corrected chi connectivity index (χ1v) is 8.74. The second-order valence-electron chi connectivity index (χ2n) is 6.85. The maximum absolute atomic E-state index is 5.08. The topological polar surface area (TPSA) is 6.48 Å². The first kappa shape index (κ1) is 15.2. The van der Waals surface area contributed by atoms with Gasteiger partial charge in [-0.25, -0.2) is 0 Å². The van der Waals surface area contributed by atoms with Crippen LogP contribution in [0.2, 0.25) is 0 Å². The fraction of sp³-hybridized carbons (Fsp3) is 0.667. The molecule has 0 saturated carbocycles. The Balaban J connectivity index is 1.93. The summed E-state index contributed by atoms with van der Waals surface area (Å²) in [6.07, 6.45) is 5.02. The van der Waals surface area contributed by atoms with E-state index in [4.69, 9.17) is 12.6 Å². The Morgan fingerprint density at radius 3 is 2.57 bits per heavy atom. The van der Waals surface area contributed by atoms with Gasteiger partial charge in [-0.05, 0) is 75.9 Å². The molecule has 21 heavy (non-hydrogen) atoms. The molecule has 1 aliphatic carbocycles. The molecule has 1 aromatic rings. The van der Waals surface area contributed by atoms with Crippen molar-refractivity contribution in [1.82, 2.24) is 4.90 Å². The molecule has 3 rings (SSSR count). The van der Waals surface area contributed by atoms with Crippen molar-refractivity contribution >= 4 is 18.3 Å².